The van der Waals surface area contributed by atoms with Crippen LogP contribution < -0.4 is 15.4 Å². The summed E-state index contributed by atoms with van der Waals surface area (Å²) in [6, 6.07) is 12.2. The minimum absolute atomic E-state index is 0.137. The fraction of sp³-hybridized carbons (Fsp3) is 0.250. The van der Waals surface area contributed by atoms with Crippen molar-refractivity contribution >= 4 is 50.8 Å². The smallest absolute Gasteiger partial charge is 0.338 e. The molecule has 1 amide bonds. The van der Waals surface area contributed by atoms with E-state index in [2.05, 4.69) is 26.6 Å². The molecule has 0 saturated carbocycles. The second-order valence-electron chi connectivity index (χ2n) is 5.94. The molecule has 2 rings (SSSR count). The number of anilines is 1. The first-order valence-corrected chi connectivity index (χ1v) is 9.86. The number of hydrogen-bond donors (Lipinski definition) is 2. The highest BCUT2D eigenvalue weighted by molar-refractivity contribution is 9.10. The Kier molecular flexibility index (Phi) is 8.41. The number of benzene rings is 2. The van der Waals surface area contributed by atoms with Gasteiger partial charge in [-0.05, 0) is 83.5 Å². The summed E-state index contributed by atoms with van der Waals surface area (Å²) in [6.07, 6.45) is 0.768. The number of carbonyl (C=O) groups excluding carboxylic acids is 2. The van der Waals surface area contributed by atoms with Crippen LogP contribution in [0.2, 0.25) is 0 Å². The zero-order chi connectivity index (χ0) is 20.5. The van der Waals surface area contributed by atoms with Gasteiger partial charge in [0.1, 0.15) is 5.75 Å². The van der Waals surface area contributed by atoms with Crippen molar-refractivity contribution in [1.29, 1.82) is 0 Å². The van der Waals surface area contributed by atoms with Gasteiger partial charge in [0.15, 0.2) is 11.7 Å². The fourth-order valence-corrected chi connectivity index (χ4v) is 3.00. The first-order chi connectivity index (χ1) is 13.4. The average Bonchev–Trinajstić information content (AvgIpc) is 2.66. The number of ether oxygens (including phenoxy) is 2. The van der Waals surface area contributed by atoms with Gasteiger partial charge in [-0.25, -0.2) is 4.79 Å². The lowest BCUT2D eigenvalue weighted by molar-refractivity contribution is -0.121. The first-order valence-electron chi connectivity index (χ1n) is 8.66. The van der Waals surface area contributed by atoms with E-state index in [1.54, 1.807) is 30.3 Å². The van der Waals surface area contributed by atoms with Crippen LogP contribution in [-0.2, 0) is 9.53 Å². The van der Waals surface area contributed by atoms with Gasteiger partial charge in [-0.3, -0.25) is 10.1 Å². The summed E-state index contributed by atoms with van der Waals surface area (Å²) in [4.78, 5) is 23.8. The number of amides is 1. The molecule has 2 aromatic carbocycles. The molecule has 0 atom stereocenters. The molecule has 2 N–H and O–H groups in total. The third-order valence-electron chi connectivity index (χ3n) is 3.51. The van der Waals surface area contributed by atoms with Crippen LogP contribution in [-0.4, -0.2) is 30.2 Å². The largest absolute Gasteiger partial charge is 0.483 e. The highest BCUT2D eigenvalue weighted by Crippen LogP contribution is 2.25. The molecule has 6 nitrogen and oxygen atoms in total. The maximum Gasteiger partial charge on any atom is 0.338 e. The van der Waals surface area contributed by atoms with E-state index < -0.39 is 0 Å². The monoisotopic (exact) mass is 464 g/mol. The molecule has 0 spiro atoms. The molecule has 28 heavy (non-hydrogen) atoms. The topological polar surface area (TPSA) is 76.7 Å². The Labute approximate surface area is 177 Å². The van der Waals surface area contributed by atoms with Crippen LogP contribution in [0.1, 0.15) is 29.3 Å². The minimum Gasteiger partial charge on any atom is -0.483 e. The number of nitrogens with one attached hydrogen (secondary N) is 2. The zero-order valence-corrected chi connectivity index (χ0v) is 18.0. The van der Waals surface area contributed by atoms with E-state index in [-0.39, 0.29) is 23.6 Å². The van der Waals surface area contributed by atoms with E-state index in [9.17, 15) is 9.59 Å². The van der Waals surface area contributed by atoms with Crippen LogP contribution in [0, 0.1) is 6.92 Å². The fourth-order valence-electron chi connectivity index (χ4n) is 2.16. The molecule has 0 fully saturated rings. The molecule has 0 aliphatic rings. The predicted octanol–water partition coefficient (Wildman–Crippen LogP) is 4.22. The van der Waals surface area contributed by atoms with Crippen molar-refractivity contribution in [2.24, 2.45) is 0 Å². The van der Waals surface area contributed by atoms with Crippen LogP contribution >= 0.6 is 28.1 Å². The molecule has 0 heterocycles. The molecule has 2 aromatic rings. The Morgan fingerprint density at radius 1 is 1.14 bits per heavy atom. The lowest BCUT2D eigenvalue weighted by atomic mass is 10.2. The first kappa shape index (κ1) is 21.8. The Balaban J connectivity index is 1.81. The molecule has 0 aromatic heterocycles. The van der Waals surface area contributed by atoms with Crippen molar-refractivity contribution in [3.63, 3.8) is 0 Å². The standard InChI is InChI=1S/C20H21BrN2O4S/c1-3-10-26-19(25)14-5-7-15(8-6-14)22-20(28)23-18(24)12-27-17-9-4-13(2)11-16(17)21/h4-9,11H,3,10,12H2,1-2H3,(H2,22,23,24,28). The van der Waals surface area contributed by atoms with E-state index in [0.717, 1.165) is 16.5 Å². The van der Waals surface area contributed by atoms with Crippen molar-refractivity contribution < 1.29 is 19.1 Å². The van der Waals surface area contributed by atoms with Gasteiger partial charge in [-0.15, -0.1) is 0 Å². The van der Waals surface area contributed by atoms with Crippen LogP contribution in [0.3, 0.4) is 0 Å². The van der Waals surface area contributed by atoms with Crippen molar-refractivity contribution in [1.82, 2.24) is 5.32 Å². The molecule has 148 valence electrons. The summed E-state index contributed by atoms with van der Waals surface area (Å²) in [5.41, 5.74) is 2.17. The number of thiocarbonyl (C=S) groups is 1. The molecular formula is C20H21BrN2O4S. The molecular weight excluding hydrogens is 444 g/mol. The van der Waals surface area contributed by atoms with Gasteiger partial charge >= 0.3 is 5.97 Å². The van der Waals surface area contributed by atoms with Gasteiger partial charge in [-0.2, -0.15) is 0 Å². The molecule has 0 aliphatic heterocycles. The second-order valence-corrected chi connectivity index (χ2v) is 7.20. The van der Waals surface area contributed by atoms with Crippen LogP contribution in [0.4, 0.5) is 5.69 Å². The Hall–Kier alpha value is -2.45. The van der Waals surface area contributed by atoms with Gasteiger partial charge in [0.25, 0.3) is 5.91 Å². The molecule has 0 bridgehead atoms. The van der Waals surface area contributed by atoms with E-state index in [4.69, 9.17) is 21.7 Å². The van der Waals surface area contributed by atoms with Gasteiger partial charge in [0.2, 0.25) is 0 Å². The van der Waals surface area contributed by atoms with E-state index in [1.807, 2.05) is 26.0 Å². The summed E-state index contributed by atoms with van der Waals surface area (Å²) in [7, 11) is 0. The van der Waals surface area contributed by atoms with Gasteiger partial charge in [0, 0.05) is 5.69 Å². The van der Waals surface area contributed by atoms with E-state index in [0.29, 0.717) is 23.6 Å². The predicted molar refractivity (Wildman–Crippen MR) is 116 cm³/mol. The summed E-state index contributed by atoms with van der Waals surface area (Å²) in [6.45, 7) is 4.11. The Bertz CT molecular complexity index is 856. The van der Waals surface area contributed by atoms with E-state index >= 15 is 0 Å². The van der Waals surface area contributed by atoms with Crippen molar-refractivity contribution in [3.8, 4) is 5.75 Å². The Morgan fingerprint density at radius 3 is 2.50 bits per heavy atom. The third-order valence-corrected chi connectivity index (χ3v) is 4.34. The van der Waals surface area contributed by atoms with Gasteiger partial charge in [0.05, 0.1) is 16.6 Å². The number of hydrogen-bond acceptors (Lipinski definition) is 5. The van der Waals surface area contributed by atoms with Crippen LogP contribution in [0.25, 0.3) is 0 Å². The highest BCUT2D eigenvalue weighted by Gasteiger charge is 2.09. The average molecular weight is 465 g/mol. The maximum atomic E-state index is 12.0. The molecule has 8 heteroatoms. The number of rotatable bonds is 7. The maximum absolute atomic E-state index is 12.0. The number of esters is 1. The molecule has 0 radical (unpaired) electrons. The highest BCUT2D eigenvalue weighted by atomic mass is 79.9. The van der Waals surface area contributed by atoms with Gasteiger partial charge < -0.3 is 14.8 Å². The summed E-state index contributed by atoms with van der Waals surface area (Å²) in [5.74, 6) is -0.182. The zero-order valence-electron chi connectivity index (χ0n) is 15.6. The summed E-state index contributed by atoms with van der Waals surface area (Å²) in [5, 5.41) is 5.56. The van der Waals surface area contributed by atoms with Crippen molar-refractivity contribution in [3.05, 3.63) is 58.1 Å². The summed E-state index contributed by atoms with van der Waals surface area (Å²) < 4.78 is 11.3. The number of halogens is 1. The molecule has 0 unspecified atom stereocenters. The number of aryl methyl sites for hydroxylation is 1. The van der Waals surface area contributed by atoms with Gasteiger partial charge in [-0.1, -0.05) is 13.0 Å². The summed E-state index contributed by atoms with van der Waals surface area (Å²) >= 11 is 8.52. The van der Waals surface area contributed by atoms with Crippen LogP contribution in [0.5, 0.6) is 5.75 Å². The van der Waals surface area contributed by atoms with E-state index in [1.165, 1.54) is 0 Å². The third kappa shape index (κ3) is 6.94. The lowest BCUT2D eigenvalue weighted by Crippen LogP contribution is -2.37. The normalized spacial score (nSPS) is 10.1. The molecule has 0 saturated heterocycles. The second kappa shape index (κ2) is 10.8. The minimum atomic E-state index is -0.385. The quantitative estimate of drug-likeness (QED) is 0.471. The van der Waals surface area contributed by atoms with Crippen molar-refractivity contribution in [2.75, 3.05) is 18.5 Å². The molecule has 0 aliphatic carbocycles. The number of carbonyl (C=O) groups is 2. The Morgan fingerprint density at radius 2 is 1.86 bits per heavy atom. The van der Waals surface area contributed by atoms with Crippen LogP contribution in [0.15, 0.2) is 46.9 Å². The lowest BCUT2D eigenvalue weighted by Gasteiger charge is -2.11. The van der Waals surface area contributed by atoms with Crippen molar-refractivity contribution in [2.45, 2.75) is 20.3 Å². The SMILES string of the molecule is CCCOC(=O)c1ccc(NC(=S)NC(=O)COc2ccc(C)cc2Br)cc1.